The molecule has 0 N–H and O–H groups in total. The molecule has 0 radical (unpaired) electrons. The van der Waals surface area contributed by atoms with Gasteiger partial charge in [0, 0.05) is 13.1 Å². The summed E-state index contributed by atoms with van der Waals surface area (Å²) in [6.07, 6.45) is 1.53. The van der Waals surface area contributed by atoms with Crippen molar-refractivity contribution in [1.29, 1.82) is 5.26 Å². The number of nitrogens with zero attached hydrogens (tertiary/aromatic N) is 3. The molecule has 1 aromatic rings. The lowest BCUT2D eigenvalue weighted by Gasteiger charge is -2.37. The molecule has 0 spiro atoms. The summed E-state index contributed by atoms with van der Waals surface area (Å²) >= 11 is 0. The highest BCUT2D eigenvalue weighted by atomic mass is 16.5. The van der Waals surface area contributed by atoms with E-state index in [0.717, 1.165) is 0 Å². The van der Waals surface area contributed by atoms with Gasteiger partial charge in [0.15, 0.2) is 0 Å². The summed E-state index contributed by atoms with van der Waals surface area (Å²) in [5.74, 6) is 0.388. The fourth-order valence-corrected chi connectivity index (χ4v) is 1.50. The molecule has 16 heavy (non-hydrogen) atoms. The molecule has 0 aromatic carbocycles. The molecule has 5 heteroatoms. The van der Waals surface area contributed by atoms with Gasteiger partial charge in [0.2, 0.25) is 11.8 Å². The third-order valence-corrected chi connectivity index (χ3v) is 2.46. The van der Waals surface area contributed by atoms with Crippen LogP contribution in [0, 0.1) is 11.3 Å². The summed E-state index contributed by atoms with van der Waals surface area (Å²) in [7, 11) is 0. The van der Waals surface area contributed by atoms with Gasteiger partial charge in [0.25, 0.3) is 0 Å². The van der Waals surface area contributed by atoms with Crippen LogP contribution in [0.2, 0.25) is 0 Å². The predicted octanol–water partition coefficient (Wildman–Crippen LogP) is 0.563. The zero-order chi connectivity index (χ0) is 11.5. The van der Waals surface area contributed by atoms with E-state index >= 15 is 0 Å². The smallest absolute Gasteiger partial charge is 0.232 e. The van der Waals surface area contributed by atoms with Gasteiger partial charge in [0.1, 0.15) is 17.7 Å². The highest BCUT2D eigenvalue weighted by molar-refractivity contribution is 5.74. The molecule has 1 aliphatic rings. The van der Waals surface area contributed by atoms with Gasteiger partial charge < -0.3 is 9.64 Å². The van der Waals surface area contributed by atoms with Crippen molar-refractivity contribution in [2.45, 2.75) is 13.0 Å². The number of hydrogen-bond acceptors (Lipinski definition) is 4. The number of pyridine rings is 1. The lowest BCUT2D eigenvalue weighted by molar-refractivity contribution is -0.137. The first-order valence-corrected chi connectivity index (χ1v) is 4.98. The molecule has 0 atom stereocenters. The molecule has 0 bridgehead atoms. The van der Waals surface area contributed by atoms with Crippen LogP contribution < -0.4 is 4.74 Å². The monoisotopic (exact) mass is 217 g/mol. The molecule has 2 heterocycles. The minimum absolute atomic E-state index is 0.0429. The lowest BCUT2D eigenvalue weighted by Crippen LogP contribution is -2.55. The second-order valence-electron chi connectivity index (χ2n) is 3.63. The van der Waals surface area contributed by atoms with E-state index < -0.39 is 0 Å². The van der Waals surface area contributed by atoms with Crippen LogP contribution >= 0.6 is 0 Å². The number of rotatable bonds is 2. The molecule has 0 aliphatic carbocycles. The van der Waals surface area contributed by atoms with E-state index in [2.05, 4.69) is 4.98 Å². The molecule has 82 valence electrons. The van der Waals surface area contributed by atoms with Crippen molar-refractivity contribution < 1.29 is 9.53 Å². The second kappa shape index (κ2) is 4.19. The SMILES string of the molecule is CC(=O)N1CC(Oc2ncccc2C#N)C1. The van der Waals surface area contributed by atoms with Crippen LogP contribution in [0.15, 0.2) is 18.3 Å². The number of aromatic nitrogens is 1. The van der Waals surface area contributed by atoms with Crippen molar-refractivity contribution in [2.75, 3.05) is 13.1 Å². The number of hydrogen-bond donors (Lipinski definition) is 0. The number of carbonyl (C=O) groups excluding carboxylic acids is 1. The minimum Gasteiger partial charge on any atom is -0.470 e. The number of amides is 1. The molecular formula is C11H11N3O2. The summed E-state index contributed by atoms with van der Waals surface area (Å²) in [5.41, 5.74) is 0.420. The quantitative estimate of drug-likeness (QED) is 0.726. The first-order chi connectivity index (χ1) is 7.70. The van der Waals surface area contributed by atoms with E-state index in [0.29, 0.717) is 24.5 Å². The molecule has 2 rings (SSSR count). The molecule has 1 saturated heterocycles. The first-order valence-electron chi connectivity index (χ1n) is 4.98. The molecule has 5 nitrogen and oxygen atoms in total. The van der Waals surface area contributed by atoms with E-state index in [9.17, 15) is 4.79 Å². The lowest BCUT2D eigenvalue weighted by atomic mass is 10.1. The standard InChI is InChI=1S/C11H11N3O2/c1-8(15)14-6-10(7-14)16-11-9(5-12)3-2-4-13-11/h2-4,10H,6-7H2,1H3. The zero-order valence-electron chi connectivity index (χ0n) is 8.88. The van der Waals surface area contributed by atoms with Crippen LogP contribution in [0.5, 0.6) is 5.88 Å². The number of likely N-dealkylation sites (tertiary alicyclic amines) is 1. The van der Waals surface area contributed by atoms with Crippen molar-refractivity contribution in [3.05, 3.63) is 23.9 Å². The van der Waals surface area contributed by atoms with Crippen molar-refractivity contribution in [3.8, 4) is 11.9 Å². The number of ether oxygens (including phenoxy) is 1. The van der Waals surface area contributed by atoms with Crippen molar-refractivity contribution in [1.82, 2.24) is 9.88 Å². The number of carbonyl (C=O) groups is 1. The molecule has 1 amide bonds. The highest BCUT2D eigenvalue weighted by Crippen LogP contribution is 2.19. The van der Waals surface area contributed by atoms with Gasteiger partial charge in [-0.05, 0) is 12.1 Å². The van der Waals surface area contributed by atoms with Gasteiger partial charge in [0.05, 0.1) is 13.1 Å². The number of nitriles is 1. The van der Waals surface area contributed by atoms with E-state index in [1.54, 1.807) is 23.2 Å². The molecule has 0 saturated carbocycles. The Hall–Kier alpha value is -2.09. The average molecular weight is 217 g/mol. The highest BCUT2D eigenvalue weighted by Gasteiger charge is 2.30. The fraction of sp³-hybridized carbons (Fsp3) is 0.364. The van der Waals surface area contributed by atoms with Crippen LogP contribution in [-0.4, -0.2) is 35.0 Å². The van der Waals surface area contributed by atoms with Crippen LogP contribution in [0.1, 0.15) is 12.5 Å². The normalized spacial score (nSPS) is 15.1. The predicted molar refractivity (Wildman–Crippen MR) is 55.6 cm³/mol. The summed E-state index contributed by atoms with van der Waals surface area (Å²) in [5, 5.41) is 8.83. The molecule has 0 unspecified atom stereocenters. The van der Waals surface area contributed by atoms with Crippen molar-refractivity contribution in [2.24, 2.45) is 0 Å². The Morgan fingerprint density at radius 3 is 3.06 bits per heavy atom. The summed E-state index contributed by atoms with van der Waals surface area (Å²) in [6.45, 7) is 2.66. The Bertz CT molecular complexity index is 447. The van der Waals surface area contributed by atoms with Gasteiger partial charge in [-0.25, -0.2) is 4.98 Å². The van der Waals surface area contributed by atoms with Gasteiger partial charge in [-0.15, -0.1) is 0 Å². The van der Waals surface area contributed by atoms with Crippen LogP contribution in [0.25, 0.3) is 0 Å². The van der Waals surface area contributed by atoms with Gasteiger partial charge >= 0.3 is 0 Å². The van der Waals surface area contributed by atoms with E-state index in [1.165, 1.54) is 6.92 Å². The third-order valence-electron chi connectivity index (χ3n) is 2.46. The summed E-state index contributed by atoms with van der Waals surface area (Å²) in [4.78, 5) is 16.6. The Morgan fingerprint density at radius 1 is 1.69 bits per heavy atom. The van der Waals surface area contributed by atoms with Crippen LogP contribution in [0.3, 0.4) is 0 Å². The summed E-state index contributed by atoms with van der Waals surface area (Å²) < 4.78 is 5.53. The maximum Gasteiger partial charge on any atom is 0.232 e. The van der Waals surface area contributed by atoms with E-state index in [1.807, 2.05) is 6.07 Å². The van der Waals surface area contributed by atoms with E-state index in [-0.39, 0.29) is 12.0 Å². The summed E-state index contributed by atoms with van der Waals surface area (Å²) in [6, 6.07) is 5.36. The topological polar surface area (TPSA) is 66.2 Å². The molecular weight excluding hydrogens is 206 g/mol. The molecule has 1 fully saturated rings. The zero-order valence-corrected chi connectivity index (χ0v) is 8.88. The largest absolute Gasteiger partial charge is 0.470 e. The third kappa shape index (κ3) is 1.96. The van der Waals surface area contributed by atoms with Gasteiger partial charge in [-0.2, -0.15) is 5.26 Å². The van der Waals surface area contributed by atoms with Crippen molar-refractivity contribution in [3.63, 3.8) is 0 Å². The van der Waals surface area contributed by atoms with Crippen molar-refractivity contribution >= 4 is 5.91 Å². The van der Waals surface area contributed by atoms with Crippen LogP contribution in [-0.2, 0) is 4.79 Å². The Morgan fingerprint density at radius 2 is 2.44 bits per heavy atom. The fourth-order valence-electron chi connectivity index (χ4n) is 1.50. The Kier molecular flexibility index (Phi) is 2.73. The second-order valence-corrected chi connectivity index (χ2v) is 3.63. The average Bonchev–Trinajstić information content (AvgIpc) is 2.22. The maximum absolute atomic E-state index is 10.9. The molecule has 1 aromatic heterocycles. The first kappa shape index (κ1) is 10.4. The van der Waals surface area contributed by atoms with Crippen LogP contribution in [0.4, 0.5) is 0 Å². The van der Waals surface area contributed by atoms with Gasteiger partial charge in [-0.1, -0.05) is 0 Å². The van der Waals surface area contributed by atoms with Gasteiger partial charge in [-0.3, -0.25) is 4.79 Å². The Labute approximate surface area is 93.3 Å². The Balaban J connectivity index is 1.97. The molecule has 1 aliphatic heterocycles. The minimum atomic E-state index is -0.0501. The van der Waals surface area contributed by atoms with E-state index in [4.69, 9.17) is 10.00 Å². The maximum atomic E-state index is 10.9.